The molecule has 0 radical (unpaired) electrons. The molecule has 0 bridgehead atoms. The summed E-state index contributed by atoms with van der Waals surface area (Å²) in [6.45, 7) is 1.76. The fraction of sp³-hybridized carbons (Fsp3) is 0.143. The van der Waals surface area contributed by atoms with Crippen LogP contribution in [-0.2, 0) is 0 Å². The first-order chi connectivity index (χ1) is 9.40. The first kappa shape index (κ1) is 15.5. The van der Waals surface area contributed by atoms with E-state index in [1.54, 1.807) is 19.1 Å². The lowest BCUT2D eigenvalue weighted by atomic mass is 10.1. The molecular formula is C14H10BrCl2F2N. The van der Waals surface area contributed by atoms with Crippen LogP contribution in [0.15, 0.2) is 34.8 Å². The maximum Gasteiger partial charge on any atom is 0.147 e. The third-order valence-corrected chi connectivity index (χ3v) is 4.11. The van der Waals surface area contributed by atoms with Crippen LogP contribution >= 0.6 is 39.1 Å². The summed E-state index contributed by atoms with van der Waals surface area (Å²) in [6.07, 6.45) is 0. The Morgan fingerprint density at radius 2 is 1.80 bits per heavy atom. The molecule has 2 aromatic rings. The lowest BCUT2D eigenvalue weighted by Crippen LogP contribution is -2.09. The summed E-state index contributed by atoms with van der Waals surface area (Å²) >= 11 is 15.0. The van der Waals surface area contributed by atoms with Crippen LogP contribution in [0, 0.1) is 11.6 Å². The molecule has 6 heteroatoms. The molecule has 2 rings (SSSR count). The van der Waals surface area contributed by atoms with Gasteiger partial charge in [0.2, 0.25) is 0 Å². The number of benzene rings is 2. The van der Waals surface area contributed by atoms with Crippen LogP contribution in [0.2, 0.25) is 10.0 Å². The van der Waals surface area contributed by atoms with Crippen LogP contribution in [0.5, 0.6) is 0 Å². The first-order valence-electron chi connectivity index (χ1n) is 5.75. The van der Waals surface area contributed by atoms with Gasteiger partial charge in [0.1, 0.15) is 11.6 Å². The second-order valence-electron chi connectivity index (χ2n) is 4.25. The Balaban J connectivity index is 2.33. The average molecular weight is 381 g/mol. The fourth-order valence-corrected chi connectivity index (χ4v) is 2.80. The van der Waals surface area contributed by atoms with E-state index in [1.807, 2.05) is 0 Å². The minimum atomic E-state index is -0.563. The van der Waals surface area contributed by atoms with Crippen LogP contribution < -0.4 is 5.32 Å². The van der Waals surface area contributed by atoms with E-state index in [0.717, 1.165) is 0 Å². The van der Waals surface area contributed by atoms with Crippen LogP contribution in [0.1, 0.15) is 18.5 Å². The minimum Gasteiger partial charge on any atom is -0.375 e. The Morgan fingerprint density at radius 3 is 2.45 bits per heavy atom. The monoisotopic (exact) mass is 379 g/mol. The number of hydrogen-bond donors (Lipinski definition) is 1. The molecule has 2 aromatic carbocycles. The molecule has 1 atom stereocenters. The van der Waals surface area contributed by atoms with E-state index in [-0.39, 0.29) is 11.1 Å². The highest BCUT2D eigenvalue weighted by atomic mass is 79.9. The molecule has 0 spiro atoms. The van der Waals surface area contributed by atoms with Crippen LogP contribution in [0.25, 0.3) is 0 Å². The Kier molecular flexibility index (Phi) is 4.89. The quantitative estimate of drug-likeness (QED) is 0.624. The smallest absolute Gasteiger partial charge is 0.147 e. The van der Waals surface area contributed by atoms with Crippen molar-refractivity contribution in [1.82, 2.24) is 0 Å². The first-order valence-corrected chi connectivity index (χ1v) is 7.30. The second kappa shape index (κ2) is 6.29. The van der Waals surface area contributed by atoms with E-state index >= 15 is 0 Å². The molecule has 1 unspecified atom stereocenters. The predicted octanol–water partition coefficient (Wildman–Crippen LogP) is 6.21. The van der Waals surface area contributed by atoms with E-state index < -0.39 is 11.6 Å². The van der Waals surface area contributed by atoms with Crippen LogP contribution in [0.4, 0.5) is 14.5 Å². The van der Waals surface area contributed by atoms with Gasteiger partial charge in [-0.15, -0.1) is 0 Å². The molecule has 0 amide bonds. The van der Waals surface area contributed by atoms with Gasteiger partial charge in [0, 0.05) is 9.50 Å². The second-order valence-corrected chi connectivity index (χ2v) is 5.92. The zero-order valence-corrected chi connectivity index (χ0v) is 13.5. The topological polar surface area (TPSA) is 12.0 Å². The summed E-state index contributed by atoms with van der Waals surface area (Å²) in [5, 5.41) is 3.25. The Hall–Kier alpha value is -0.840. The third-order valence-electron chi connectivity index (χ3n) is 2.83. The standard InChI is InChI=1S/C14H10BrCl2F2N/c1-7(8-5-13(19)11(17)6-10(8)16)20-14-9(15)3-2-4-12(14)18/h2-7,20H,1H3. The summed E-state index contributed by atoms with van der Waals surface area (Å²) in [5.74, 6) is -0.968. The molecule has 0 heterocycles. The SMILES string of the molecule is CC(Nc1c(F)cccc1Br)c1cc(F)c(Cl)cc1Cl. The lowest BCUT2D eigenvalue weighted by Gasteiger charge is -2.19. The lowest BCUT2D eigenvalue weighted by molar-refractivity contribution is 0.621. The molecule has 0 aromatic heterocycles. The maximum atomic E-state index is 13.7. The number of rotatable bonds is 3. The molecule has 0 aliphatic heterocycles. The van der Waals surface area contributed by atoms with Crippen molar-refractivity contribution in [3.8, 4) is 0 Å². The van der Waals surface area contributed by atoms with Crippen molar-refractivity contribution in [2.45, 2.75) is 13.0 Å². The van der Waals surface area contributed by atoms with Gasteiger partial charge in [-0.3, -0.25) is 0 Å². The molecule has 0 fully saturated rings. The van der Waals surface area contributed by atoms with Crippen molar-refractivity contribution in [1.29, 1.82) is 0 Å². The van der Waals surface area contributed by atoms with Gasteiger partial charge < -0.3 is 5.32 Å². The molecule has 0 saturated carbocycles. The molecule has 20 heavy (non-hydrogen) atoms. The van der Waals surface area contributed by atoms with Crippen LogP contribution in [0.3, 0.4) is 0 Å². The molecule has 1 N–H and O–H groups in total. The Morgan fingerprint density at radius 1 is 1.10 bits per heavy atom. The molecule has 0 aliphatic carbocycles. The van der Waals surface area contributed by atoms with Gasteiger partial charge in [0.05, 0.1) is 16.8 Å². The Bertz CT molecular complexity index is 629. The van der Waals surface area contributed by atoms with E-state index in [2.05, 4.69) is 21.2 Å². The highest BCUT2D eigenvalue weighted by Gasteiger charge is 2.16. The van der Waals surface area contributed by atoms with Crippen LogP contribution in [-0.4, -0.2) is 0 Å². The van der Waals surface area contributed by atoms with Gasteiger partial charge in [0.25, 0.3) is 0 Å². The Labute approximate surface area is 134 Å². The zero-order chi connectivity index (χ0) is 14.9. The van der Waals surface area contributed by atoms with E-state index in [9.17, 15) is 8.78 Å². The van der Waals surface area contributed by atoms with Gasteiger partial charge >= 0.3 is 0 Å². The largest absolute Gasteiger partial charge is 0.375 e. The number of hydrogen-bond acceptors (Lipinski definition) is 1. The number of nitrogens with one attached hydrogen (secondary N) is 1. The summed E-state index contributed by atoms with van der Waals surface area (Å²) < 4.78 is 27.8. The summed E-state index contributed by atoms with van der Waals surface area (Å²) in [4.78, 5) is 0. The molecular weight excluding hydrogens is 371 g/mol. The summed E-state index contributed by atoms with van der Waals surface area (Å²) in [6, 6.07) is 6.83. The number of para-hydroxylation sites is 1. The van der Waals surface area contributed by atoms with E-state index in [0.29, 0.717) is 20.7 Å². The van der Waals surface area contributed by atoms with E-state index in [1.165, 1.54) is 18.2 Å². The predicted molar refractivity (Wildman–Crippen MR) is 82.6 cm³/mol. The summed E-state index contributed by atoms with van der Waals surface area (Å²) in [5.41, 5.74) is 0.801. The zero-order valence-electron chi connectivity index (χ0n) is 10.4. The molecule has 0 aliphatic rings. The number of halogens is 5. The third kappa shape index (κ3) is 3.25. The van der Waals surface area contributed by atoms with Gasteiger partial charge in [-0.25, -0.2) is 8.78 Å². The normalized spacial score (nSPS) is 12.3. The van der Waals surface area contributed by atoms with E-state index in [4.69, 9.17) is 23.2 Å². The average Bonchev–Trinajstić information content (AvgIpc) is 2.38. The molecule has 106 valence electrons. The molecule has 1 nitrogen and oxygen atoms in total. The van der Waals surface area contributed by atoms with Crippen molar-refractivity contribution in [2.24, 2.45) is 0 Å². The fourth-order valence-electron chi connectivity index (χ4n) is 1.80. The highest BCUT2D eigenvalue weighted by molar-refractivity contribution is 9.10. The van der Waals surface area contributed by atoms with Crippen molar-refractivity contribution >= 4 is 44.8 Å². The van der Waals surface area contributed by atoms with Crippen molar-refractivity contribution < 1.29 is 8.78 Å². The van der Waals surface area contributed by atoms with Crippen molar-refractivity contribution in [3.63, 3.8) is 0 Å². The minimum absolute atomic E-state index is 0.0435. The van der Waals surface area contributed by atoms with Gasteiger partial charge in [0.15, 0.2) is 0 Å². The van der Waals surface area contributed by atoms with Gasteiger partial charge in [-0.05, 0) is 52.7 Å². The highest BCUT2D eigenvalue weighted by Crippen LogP contribution is 2.33. The molecule has 0 saturated heterocycles. The maximum absolute atomic E-state index is 13.7. The van der Waals surface area contributed by atoms with Gasteiger partial charge in [-0.1, -0.05) is 29.3 Å². The summed E-state index contributed by atoms with van der Waals surface area (Å²) in [7, 11) is 0. The number of anilines is 1. The van der Waals surface area contributed by atoms with Gasteiger partial charge in [-0.2, -0.15) is 0 Å². The van der Waals surface area contributed by atoms with Crippen molar-refractivity contribution in [3.05, 3.63) is 62.0 Å². The van der Waals surface area contributed by atoms with Crippen molar-refractivity contribution in [2.75, 3.05) is 5.32 Å².